The second-order valence-electron chi connectivity index (χ2n) is 5.46. The molecule has 3 N–H and O–H groups in total. The molecule has 0 radical (unpaired) electrons. The van der Waals surface area contributed by atoms with Crippen LogP contribution in [0.1, 0.15) is 21.8 Å². The lowest BCUT2D eigenvalue weighted by atomic mass is 10.3. The quantitative estimate of drug-likeness (QED) is 0.353. The van der Waals surface area contributed by atoms with Crippen molar-refractivity contribution in [2.75, 3.05) is 33.3 Å². The summed E-state index contributed by atoms with van der Waals surface area (Å²) in [5, 5.41) is 9.25. The Morgan fingerprint density at radius 3 is 2.58 bits per heavy atom. The van der Waals surface area contributed by atoms with Crippen LogP contribution in [0.25, 0.3) is 0 Å². The predicted octanol–water partition coefficient (Wildman–Crippen LogP) is 1.82. The Morgan fingerprint density at radius 2 is 1.88 bits per heavy atom. The normalized spacial score (nSPS) is 11.1. The molecule has 140 valence electrons. The van der Waals surface area contributed by atoms with Crippen molar-refractivity contribution >= 4 is 23.2 Å². The average molecular weight is 375 g/mol. The number of benzene rings is 1. The highest BCUT2D eigenvalue weighted by molar-refractivity contribution is 7.11. The minimum atomic E-state index is -0.0900. The molecule has 0 atom stereocenters. The van der Waals surface area contributed by atoms with Crippen LogP contribution in [0.3, 0.4) is 0 Å². The van der Waals surface area contributed by atoms with Gasteiger partial charge in [-0.15, -0.1) is 11.3 Å². The maximum atomic E-state index is 12.0. The largest absolute Gasteiger partial charge is 0.494 e. The van der Waals surface area contributed by atoms with E-state index in [9.17, 15) is 4.79 Å². The molecule has 0 aliphatic rings. The topological polar surface area (TPSA) is 87.6 Å². The van der Waals surface area contributed by atoms with Crippen LogP contribution in [0.5, 0.6) is 5.75 Å². The molecule has 0 fully saturated rings. The van der Waals surface area contributed by atoms with Gasteiger partial charge in [-0.25, -0.2) is 4.98 Å². The first-order chi connectivity index (χ1) is 12.7. The summed E-state index contributed by atoms with van der Waals surface area (Å²) in [6.45, 7) is 4.31. The Kier molecular flexibility index (Phi) is 8.41. The van der Waals surface area contributed by atoms with E-state index in [0.29, 0.717) is 30.5 Å². The lowest BCUT2D eigenvalue weighted by Gasteiger charge is -2.12. The van der Waals surface area contributed by atoms with Crippen molar-refractivity contribution in [3.05, 3.63) is 46.4 Å². The highest BCUT2D eigenvalue weighted by Gasteiger charge is 2.10. The number of hydrogen-bond acceptors (Lipinski definition) is 5. The fraction of sp³-hybridized carbons (Fsp3) is 0.389. The molecule has 0 spiro atoms. The van der Waals surface area contributed by atoms with Crippen molar-refractivity contribution in [2.24, 2.45) is 4.99 Å². The Bertz CT molecular complexity index is 703. The van der Waals surface area contributed by atoms with Crippen LogP contribution in [0, 0.1) is 6.92 Å². The van der Waals surface area contributed by atoms with Crippen LogP contribution in [0.15, 0.2) is 40.8 Å². The van der Waals surface area contributed by atoms with Gasteiger partial charge in [0.2, 0.25) is 0 Å². The van der Waals surface area contributed by atoms with Crippen LogP contribution >= 0.6 is 11.3 Å². The third-order valence-corrected chi connectivity index (χ3v) is 4.43. The molecule has 0 bridgehead atoms. The first-order valence-electron chi connectivity index (χ1n) is 8.51. The summed E-state index contributed by atoms with van der Waals surface area (Å²) in [5.74, 6) is 1.49. The zero-order chi connectivity index (χ0) is 18.6. The van der Waals surface area contributed by atoms with Gasteiger partial charge in [-0.2, -0.15) is 0 Å². The first-order valence-corrected chi connectivity index (χ1v) is 9.39. The number of ether oxygens (including phenoxy) is 1. The van der Waals surface area contributed by atoms with E-state index in [2.05, 4.69) is 25.9 Å². The number of nitrogens with zero attached hydrogens (tertiary/aromatic N) is 2. The third-order valence-electron chi connectivity index (χ3n) is 3.50. The Hall–Kier alpha value is -2.61. The molecule has 0 aliphatic carbocycles. The summed E-state index contributed by atoms with van der Waals surface area (Å²) < 4.78 is 5.64. The summed E-state index contributed by atoms with van der Waals surface area (Å²) in [4.78, 5) is 20.9. The number of hydrogen-bond donors (Lipinski definition) is 3. The van der Waals surface area contributed by atoms with Crippen LogP contribution in [-0.2, 0) is 0 Å². The molecule has 0 aliphatic heterocycles. The van der Waals surface area contributed by atoms with E-state index in [-0.39, 0.29) is 5.91 Å². The summed E-state index contributed by atoms with van der Waals surface area (Å²) in [5.41, 5.74) is 2.44. The van der Waals surface area contributed by atoms with Crippen molar-refractivity contribution in [2.45, 2.75) is 13.3 Å². The number of rotatable bonds is 9. The van der Waals surface area contributed by atoms with Crippen LogP contribution < -0.4 is 20.7 Å². The average Bonchev–Trinajstić information content (AvgIpc) is 3.10. The second-order valence-corrected chi connectivity index (χ2v) is 6.32. The minimum Gasteiger partial charge on any atom is -0.494 e. The molecular formula is C18H25N5O2S. The van der Waals surface area contributed by atoms with Gasteiger partial charge in [0, 0.05) is 26.7 Å². The number of carbonyl (C=O) groups is 1. The molecule has 0 unspecified atom stereocenters. The summed E-state index contributed by atoms with van der Waals surface area (Å²) >= 11 is 1.35. The van der Waals surface area contributed by atoms with E-state index in [0.717, 1.165) is 24.4 Å². The summed E-state index contributed by atoms with van der Waals surface area (Å²) in [6.07, 6.45) is 0.858. The molecule has 2 aromatic rings. The Balaban J connectivity index is 1.55. The molecule has 2 rings (SSSR count). The van der Waals surface area contributed by atoms with Gasteiger partial charge in [0.15, 0.2) is 5.96 Å². The Morgan fingerprint density at radius 1 is 1.15 bits per heavy atom. The lowest BCUT2D eigenvalue weighted by molar-refractivity contribution is 0.0957. The third kappa shape index (κ3) is 6.72. The highest BCUT2D eigenvalue weighted by Crippen LogP contribution is 2.11. The van der Waals surface area contributed by atoms with Crippen LogP contribution in [-0.4, -0.2) is 50.1 Å². The monoisotopic (exact) mass is 375 g/mol. The van der Waals surface area contributed by atoms with E-state index in [1.54, 1.807) is 12.6 Å². The van der Waals surface area contributed by atoms with Crippen molar-refractivity contribution in [3.8, 4) is 5.75 Å². The molecule has 0 saturated heterocycles. The number of amides is 1. The summed E-state index contributed by atoms with van der Waals surface area (Å²) in [6, 6.07) is 9.75. The van der Waals surface area contributed by atoms with Gasteiger partial charge in [-0.05, 0) is 25.5 Å². The molecular weight excluding hydrogens is 350 g/mol. The van der Waals surface area contributed by atoms with Crippen molar-refractivity contribution in [1.29, 1.82) is 0 Å². The van der Waals surface area contributed by atoms with Gasteiger partial charge in [-0.1, -0.05) is 18.2 Å². The molecule has 7 nitrogen and oxygen atoms in total. The first kappa shape index (κ1) is 19.7. The molecule has 26 heavy (non-hydrogen) atoms. The zero-order valence-electron chi connectivity index (χ0n) is 15.1. The molecule has 1 aromatic heterocycles. The molecule has 1 heterocycles. The van der Waals surface area contributed by atoms with Gasteiger partial charge in [-0.3, -0.25) is 9.79 Å². The van der Waals surface area contributed by atoms with E-state index in [1.807, 2.05) is 37.3 Å². The molecule has 1 amide bonds. The van der Waals surface area contributed by atoms with Gasteiger partial charge in [0.1, 0.15) is 10.6 Å². The Labute approximate surface area is 157 Å². The van der Waals surface area contributed by atoms with Gasteiger partial charge < -0.3 is 20.7 Å². The zero-order valence-corrected chi connectivity index (χ0v) is 15.9. The van der Waals surface area contributed by atoms with Gasteiger partial charge in [0.05, 0.1) is 17.8 Å². The number of aromatic nitrogens is 1. The van der Waals surface area contributed by atoms with Crippen molar-refractivity contribution in [1.82, 2.24) is 20.9 Å². The second kappa shape index (κ2) is 11.1. The number of nitrogens with one attached hydrogen (secondary N) is 3. The smallest absolute Gasteiger partial charge is 0.263 e. The summed E-state index contributed by atoms with van der Waals surface area (Å²) in [7, 11) is 1.72. The number of guanidine groups is 1. The van der Waals surface area contributed by atoms with Gasteiger partial charge >= 0.3 is 0 Å². The van der Waals surface area contributed by atoms with Crippen molar-refractivity contribution in [3.63, 3.8) is 0 Å². The fourth-order valence-electron chi connectivity index (χ4n) is 2.16. The molecule has 1 aromatic carbocycles. The number of aliphatic imine (C=N–C) groups is 1. The van der Waals surface area contributed by atoms with E-state index < -0.39 is 0 Å². The number of carbonyl (C=O) groups excluding carboxylic acids is 1. The molecule has 0 saturated carbocycles. The van der Waals surface area contributed by atoms with Crippen LogP contribution in [0.2, 0.25) is 0 Å². The highest BCUT2D eigenvalue weighted by atomic mass is 32.1. The van der Waals surface area contributed by atoms with Crippen LogP contribution in [0.4, 0.5) is 0 Å². The number of thiazole rings is 1. The maximum absolute atomic E-state index is 12.0. The lowest BCUT2D eigenvalue weighted by Crippen LogP contribution is -2.42. The van der Waals surface area contributed by atoms with E-state index >= 15 is 0 Å². The number of aryl methyl sites for hydroxylation is 1. The van der Waals surface area contributed by atoms with Crippen molar-refractivity contribution < 1.29 is 9.53 Å². The maximum Gasteiger partial charge on any atom is 0.263 e. The number of para-hydroxylation sites is 1. The fourth-order valence-corrected chi connectivity index (χ4v) is 2.88. The predicted molar refractivity (Wildman–Crippen MR) is 105 cm³/mol. The van der Waals surface area contributed by atoms with E-state index in [1.165, 1.54) is 11.3 Å². The van der Waals surface area contributed by atoms with Gasteiger partial charge in [0.25, 0.3) is 5.91 Å². The molecule has 8 heteroatoms. The minimum absolute atomic E-state index is 0.0900. The SMILES string of the molecule is CN=C(NCCCOc1ccccc1)NCCNC(=O)c1scnc1C. The standard InChI is InChI=1S/C18H25N5O2S/c1-14-16(26-13-23-14)17(24)20-10-11-22-18(19-2)21-9-6-12-25-15-7-4-3-5-8-15/h3-5,7-8,13H,6,9-12H2,1-2H3,(H,20,24)(H2,19,21,22). The van der Waals surface area contributed by atoms with E-state index in [4.69, 9.17) is 4.74 Å².